The van der Waals surface area contributed by atoms with Crippen LogP contribution in [0.3, 0.4) is 0 Å². The molecule has 0 spiro atoms. The molecule has 164 valence electrons. The summed E-state index contributed by atoms with van der Waals surface area (Å²) >= 11 is 3.50. The molecule has 2 N–H and O–H groups in total. The zero-order valence-corrected chi connectivity index (χ0v) is 19.5. The minimum absolute atomic E-state index is 0.370. The lowest BCUT2D eigenvalue weighted by atomic mass is 10.0. The monoisotopic (exact) mass is 454 g/mol. The lowest BCUT2D eigenvalue weighted by Crippen LogP contribution is -2.41. The average molecular weight is 455 g/mol. The third kappa shape index (κ3) is 4.62. The Morgan fingerprint density at radius 1 is 1.16 bits per heavy atom. The van der Waals surface area contributed by atoms with Crippen molar-refractivity contribution in [3.8, 4) is 0 Å². The van der Waals surface area contributed by atoms with E-state index >= 15 is 0 Å². The molecule has 5 nitrogen and oxygen atoms in total. The first kappa shape index (κ1) is 20.9. The Morgan fingerprint density at radius 3 is 2.84 bits per heavy atom. The molecular formula is C24H30N4OS2. The number of amidine groups is 1. The molecule has 0 radical (unpaired) electrons. The van der Waals surface area contributed by atoms with Crippen LogP contribution in [0, 0.1) is 5.92 Å². The summed E-state index contributed by atoms with van der Waals surface area (Å²) in [4.78, 5) is 24.3. The van der Waals surface area contributed by atoms with Gasteiger partial charge < -0.3 is 15.5 Å². The maximum absolute atomic E-state index is 12.8. The first-order valence-corrected chi connectivity index (χ1v) is 13.2. The molecule has 1 atom stereocenters. The van der Waals surface area contributed by atoms with Gasteiger partial charge in [-0.15, -0.1) is 23.1 Å². The van der Waals surface area contributed by atoms with Gasteiger partial charge in [0, 0.05) is 42.7 Å². The van der Waals surface area contributed by atoms with Crippen molar-refractivity contribution in [2.45, 2.75) is 49.5 Å². The number of thiophene rings is 1. The molecule has 2 aromatic rings. The number of carbonyl (C=O) groups excluding carboxylic acids is 1. The van der Waals surface area contributed by atoms with Crippen LogP contribution < -0.4 is 10.6 Å². The van der Waals surface area contributed by atoms with E-state index in [0.717, 1.165) is 48.8 Å². The quantitative estimate of drug-likeness (QED) is 0.517. The highest BCUT2D eigenvalue weighted by Crippen LogP contribution is 2.40. The van der Waals surface area contributed by atoms with Crippen molar-refractivity contribution in [1.29, 1.82) is 0 Å². The highest BCUT2D eigenvalue weighted by molar-refractivity contribution is 7.99. The number of nitrogens with two attached hydrogens (primary N) is 1. The number of thioether (sulfide) groups is 1. The van der Waals surface area contributed by atoms with Crippen LogP contribution in [0.15, 0.2) is 45.6 Å². The fourth-order valence-corrected chi connectivity index (χ4v) is 6.78. The molecule has 1 saturated heterocycles. The van der Waals surface area contributed by atoms with Crippen molar-refractivity contribution >= 4 is 46.2 Å². The Morgan fingerprint density at radius 2 is 2.03 bits per heavy atom. The third-order valence-corrected chi connectivity index (χ3v) is 8.68. The van der Waals surface area contributed by atoms with E-state index in [-0.39, 0.29) is 0 Å². The first-order chi connectivity index (χ1) is 15.2. The van der Waals surface area contributed by atoms with Gasteiger partial charge in [0.05, 0.1) is 16.3 Å². The van der Waals surface area contributed by atoms with Crippen molar-refractivity contribution in [2.24, 2.45) is 16.6 Å². The van der Waals surface area contributed by atoms with Crippen LogP contribution in [-0.4, -0.2) is 48.1 Å². The molecule has 3 heterocycles. The van der Waals surface area contributed by atoms with E-state index in [0.29, 0.717) is 23.7 Å². The van der Waals surface area contributed by atoms with Crippen molar-refractivity contribution in [3.63, 3.8) is 0 Å². The van der Waals surface area contributed by atoms with Gasteiger partial charge >= 0.3 is 0 Å². The smallest absolute Gasteiger partial charge is 0.222 e. The average Bonchev–Trinajstić information content (AvgIpc) is 3.55. The summed E-state index contributed by atoms with van der Waals surface area (Å²) in [6.45, 7) is 2.79. The molecule has 1 aromatic heterocycles. The minimum atomic E-state index is 0.370. The zero-order chi connectivity index (χ0) is 21.2. The van der Waals surface area contributed by atoms with Crippen LogP contribution in [-0.2, 0) is 4.79 Å². The van der Waals surface area contributed by atoms with E-state index in [2.05, 4.69) is 33.0 Å². The summed E-state index contributed by atoms with van der Waals surface area (Å²) in [6, 6.07) is 10.8. The molecule has 7 heteroatoms. The van der Waals surface area contributed by atoms with Crippen LogP contribution in [0.2, 0.25) is 0 Å². The Kier molecular flexibility index (Phi) is 6.23. The summed E-state index contributed by atoms with van der Waals surface area (Å²) in [5, 5.41) is 2.02. The summed E-state index contributed by atoms with van der Waals surface area (Å²) in [7, 11) is 0. The third-order valence-electron chi connectivity index (χ3n) is 6.76. The standard InChI is InChI=1S/C24H30N4OS2/c25-24(21-6-3-12-30-21)26-18-7-8-20-22(15-18)31-13-11-28(20)19-9-10-27(16-19)23(29)14-17-4-1-2-5-17/h3,6-8,12,15,17,19H,1-2,4-5,9-11,13-14,16H2,(H2,25,26). The van der Waals surface area contributed by atoms with Crippen LogP contribution in [0.1, 0.15) is 43.4 Å². The highest BCUT2D eigenvalue weighted by atomic mass is 32.2. The molecule has 2 aliphatic heterocycles. The summed E-state index contributed by atoms with van der Waals surface area (Å²) in [5.41, 5.74) is 8.36. The molecule has 2 fully saturated rings. The fourth-order valence-electron chi connectivity index (χ4n) is 5.11. The number of amides is 1. The Hall–Kier alpha value is -1.99. The van der Waals surface area contributed by atoms with Crippen molar-refractivity contribution in [2.75, 3.05) is 30.3 Å². The predicted molar refractivity (Wildman–Crippen MR) is 131 cm³/mol. The first-order valence-electron chi connectivity index (χ1n) is 11.4. The van der Waals surface area contributed by atoms with E-state index < -0.39 is 0 Å². The summed E-state index contributed by atoms with van der Waals surface area (Å²) in [6.07, 6.45) is 6.89. The van der Waals surface area contributed by atoms with Gasteiger partial charge in [-0.05, 0) is 54.8 Å². The second-order valence-electron chi connectivity index (χ2n) is 8.81. The van der Waals surface area contributed by atoms with E-state index in [4.69, 9.17) is 5.73 Å². The fraction of sp³-hybridized carbons (Fsp3) is 0.500. The number of benzene rings is 1. The second-order valence-corrected chi connectivity index (χ2v) is 10.9. The number of carbonyl (C=O) groups is 1. The zero-order valence-electron chi connectivity index (χ0n) is 17.8. The molecule has 1 unspecified atom stereocenters. The Balaban J connectivity index is 1.27. The number of likely N-dealkylation sites (tertiary alicyclic amines) is 1. The van der Waals surface area contributed by atoms with Gasteiger partial charge in [-0.2, -0.15) is 0 Å². The SMILES string of the molecule is NC(=Nc1ccc2c(c1)SCCN2C1CCN(C(=O)CC2CCCC2)C1)c1cccs1. The van der Waals surface area contributed by atoms with Crippen LogP contribution >= 0.6 is 23.1 Å². The predicted octanol–water partition coefficient (Wildman–Crippen LogP) is 4.88. The second kappa shape index (κ2) is 9.25. The Bertz CT molecular complexity index is 952. The van der Waals surface area contributed by atoms with Crippen molar-refractivity contribution in [3.05, 3.63) is 40.6 Å². The van der Waals surface area contributed by atoms with E-state index in [1.807, 2.05) is 29.3 Å². The molecule has 1 aromatic carbocycles. The maximum Gasteiger partial charge on any atom is 0.222 e. The van der Waals surface area contributed by atoms with Gasteiger partial charge in [0.1, 0.15) is 5.84 Å². The highest BCUT2D eigenvalue weighted by Gasteiger charge is 2.33. The van der Waals surface area contributed by atoms with E-state index in [1.165, 1.54) is 36.3 Å². The number of aliphatic imine (C=N–C) groups is 1. The van der Waals surface area contributed by atoms with Gasteiger partial charge in [-0.3, -0.25) is 4.79 Å². The molecule has 31 heavy (non-hydrogen) atoms. The van der Waals surface area contributed by atoms with Gasteiger partial charge in [0.25, 0.3) is 0 Å². The lowest BCUT2D eigenvalue weighted by molar-refractivity contribution is -0.131. The molecule has 0 bridgehead atoms. The van der Waals surface area contributed by atoms with Crippen LogP contribution in [0.5, 0.6) is 0 Å². The maximum atomic E-state index is 12.8. The molecule has 1 aliphatic carbocycles. The van der Waals surface area contributed by atoms with E-state index in [1.54, 1.807) is 11.3 Å². The topological polar surface area (TPSA) is 61.9 Å². The number of hydrogen-bond acceptors (Lipinski definition) is 5. The van der Waals surface area contributed by atoms with Gasteiger partial charge in [-0.1, -0.05) is 18.9 Å². The molecule has 1 amide bonds. The van der Waals surface area contributed by atoms with Crippen LogP contribution in [0.25, 0.3) is 0 Å². The molecule has 5 rings (SSSR count). The van der Waals surface area contributed by atoms with Crippen molar-refractivity contribution < 1.29 is 4.79 Å². The van der Waals surface area contributed by atoms with Gasteiger partial charge in [-0.25, -0.2) is 4.99 Å². The minimum Gasteiger partial charge on any atom is -0.383 e. The van der Waals surface area contributed by atoms with Crippen LogP contribution in [0.4, 0.5) is 11.4 Å². The number of hydrogen-bond donors (Lipinski definition) is 1. The number of anilines is 1. The summed E-state index contributed by atoms with van der Waals surface area (Å²) < 4.78 is 0. The molecule has 3 aliphatic rings. The lowest BCUT2D eigenvalue weighted by Gasteiger charge is -2.36. The Labute approximate surface area is 192 Å². The summed E-state index contributed by atoms with van der Waals surface area (Å²) in [5.74, 6) is 2.63. The largest absolute Gasteiger partial charge is 0.383 e. The molecule has 1 saturated carbocycles. The number of fused-ring (bicyclic) bond motifs is 1. The molecular weight excluding hydrogens is 424 g/mol. The van der Waals surface area contributed by atoms with Crippen molar-refractivity contribution in [1.82, 2.24) is 4.90 Å². The van der Waals surface area contributed by atoms with Gasteiger partial charge in [0.2, 0.25) is 5.91 Å². The van der Waals surface area contributed by atoms with E-state index in [9.17, 15) is 4.79 Å². The number of rotatable bonds is 5. The van der Waals surface area contributed by atoms with Gasteiger partial charge in [0.15, 0.2) is 0 Å². The normalized spacial score (nSPS) is 22.2. The number of nitrogens with zero attached hydrogens (tertiary/aromatic N) is 3.